The molecule has 1 aromatic carbocycles. The summed E-state index contributed by atoms with van der Waals surface area (Å²) in [4.78, 5) is 11.1. The van der Waals surface area contributed by atoms with Gasteiger partial charge in [-0.1, -0.05) is 11.6 Å². The van der Waals surface area contributed by atoms with Crippen LogP contribution in [0.2, 0.25) is 5.02 Å². The second kappa shape index (κ2) is 9.14. The molecule has 0 spiro atoms. The number of carbonyl (C=O) groups excluding carboxylic acids is 1. The number of fused-ring (bicyclic) bond motifs is 1. The Labute approximate surface area is 171 Å². The normalized spacial score (nSPS) is 21.1. The van der Waals surface area contributed by atoms with Gasteiger partial charge in [0.05, 0.1) is 29.4 Å². The number of aromatic nitrogens is 2. The number of carbonyl (C=O) groups is 1. The highest BCUT2D eigenvalue weighted by atomic mass is 35.5. The minimum atomic E-state index is -0.0269. The van der Waals surface area contributed by atoms with Gasteiger partial charge >= 0.3 is 0 Å². The molecule has 7 heteroatoms. The largest absolute Gasteiger partial charge is 0.489 e. The van der Waals surface area contributed by atoms with Crippen LogP contribution in [0.3, 0.4) is 0 Å². The predicted octanol–water partition coefficient (Wildman–Crippen LogP) is 4.50. The lowest BCUT2D eigenvalue weighted by Crippen LogP contribution is -2.36. The van der Waals surface area contributed by atoms with Gasteiger partial charge < -0.3 is 14.8 Å². The summed E-state index contributed by atoms with van der Waals surface area (Å²) in [6.45, 7) is 8.20. The first-order valence-electron chi connectivity index (χ1n) is 10.1. The smallest absolute Gasteiger partial charge is 0.217 e. The molecule has 0 aliphatic heterocycles. The molecule has 1 N–H and O–H groups in total. The Morgan fingerprint density at radius 1 is 1.25 bits per heavy atom. The zero-order valence-electron chi connectivity index (χ0n) is 17.1. The Balaban J connectivity index is 1.53. The van der Waals surface area contributed by atoms with E-state index in [4.69, 9.17) is 21.1 Å². The van der Waals surface area contributed by atoms with Crippen molar-refractivity contribution in [3.05, 3.63) is 23.4 Å². The summed E-state index contributed by atoms with van der Waals surface area (Å²) in [5.74, 6) is 0.696. The lowest BCUT2D eigenvalue weighted by atomic mass is 9.95. The van der Waals surface area contributed by atoms with Crippen LogP contribution in [0.25, 0.3) is 10.9 Å². The number of rotatable bonds is 7. The van der Waals surface area contributed by atoms with Crippen LogP contribution in [0.1, 0.15) is 59.4 Å². The maximum Gasteiger partial charge on any atom is 0.217 e. The molecule has 28 heavy (non-hydrogen) atoms. The number of halogens is 1. The first-order valence-corrected chi connectivity index (χ1v) is 10.4. The molecule has 1 heterocycles. The molecule has 0 radical (unpaired) electrons. The highest BCUT2D eigenvalue weighted by Gasteiger charge is 2.24. The van der Waals surface area contributed by atoms with Crippen molar-refractivity contribution >= 4 is 28.4 Å². The average Bonchev–Trinajstić information content (AvgIpc) is 3.08. The Bertz CT molecular complexity index is 813. The summed E-state index contributed by atoms with van der Waals surface area (Å²) in [5, 5.41) is 8.96. The Kier molecular flexibility index (Phi) is 6.83. The standard InChI is InChI=1S/C21H30ClN3O3/c1-13(2)25-11-18-19(24-25)9-10-20(21(18)22)28-17-7-5-16(6-8-17)27-12-14(3)23-15(4)26/h9-11,13-14,16-17H,5-8,12H2,1-4H3,(H,23,26)/t14-,16-,17-/m0/s1. The zero-order chi connectivity index (χ0) is 20.3. The van der Waals surface area contributed by atoms with Crippen LogP contribution in [0.5, 0.6) is 5.75 Å². The van der Waals surface area contributed by atoms with Gasteiger partial charge in [0, 0.05) is 30.6 Å². The third-order valence-corrected chi connectivity index (χ3v) is 5.47. The zero-order valence-corrected chi connectivity index (χ0v) is 17.8. The van der Waals surface area contributed by atoms with Gasteiger partial charge in [0.25, 0.3) is 0 Å². The predicted molar refractivity (Wildman–Crippen MR) is 111 cm³/mol. The molecule has 0 saturated heterocycles. The molecule has 3 rings (SSSR count). The van der Waals surface area contributed by atoms with Crippen LogP contribution in [-0.2, 0) is 9.53 Å². The van der Waals surface area contributed by atoms with Gasteiger partial charge in [-0.05, 0) is 58.6 Å². The molecule has 1 aliphatic carbocycles. The second-order valence-corrected chi connectivity index (χ2v) is 8.34. The van der Waals surface area contributed by atoms with Crippen molar-refractivity contribution in [3.63, 3.8) is 0 Å². The van der Waals surface area contributed by atoms with Crippen LogP contribution in [-0.4, -0.2) is 40.5 Å². The van der Waals surface area contributed by atoms with Crippen LogP contribution >= 0.6 is 11.6 Å². The second-order valence-electron chi connectivity index (χ2n) is 7.96. The minimum Gasteiger partial charge on any atom is -0.489 e. The Hall–Kier alpha value is -1.79. The fourth-order valence-electron chi connectivity index (χ4n) is 3.58. The topological polar surface area (TPSA) is 65.4 Å². The number of nitrogens with zero attached hydrogens (tertiary/aromatic N) is 2. The van der Waals surface area contributed by atoms with Crippen LogP contribution in [0.15, 0.2) is 18.3 Å². The summed E-state index contributed by atoms with van der Waals surface area (Å²) in [5.41, 5.74) is 0.886. The van der Waals surface area contributed by atoms with Crippen LogP contribution < -0.4 is 10.1 Å². The van der Waals surface area contributed by atoms with E-state index >= 15 is 0 Å². The van der Waals surface area contributed by atoms with Gasteiger partial charge in [-0.15, -0.1) is 0 Å². The first kappa shape index (κ1) is 20.9. The third kappa shape index (κ3) is 5.17. The van der Waals surface area contributed by atoms with E-state index in [2.05, 4.69) is 24.3 Å². The molecule has 1 aliphatic rings. The molecule has 1 aromatic heterocycles. The van der Waals surface area contributed by atoms with E-state index in [1.54, 1.807) is 0 Å². The van der Waals surface area contributed by atoms with Crippen molar-refractivity contribution in [3.8, 4) is 5.75 Å². The van der Waals surface area contributed by atoms with E-state index in [0.717, 1.165) is 42.3 Å². The van der Waals surface area contributed by atoms with Gasteiger partial charge in [-0.25, -0.2) is 0 Å². The van der Waals surface area contributed by atoms with Crippen molar-refractivity contribution < 1.29 is 14.3 Å². The molecule has 1 saturated carbocycles. The molecule has 1 fully saturated rings. The fourth-order valence-corrected chi connectivity index (χ4v) is 3.83. The van der Waals surface area contributed by atoms with E-state index in [1.165, 1.54) is 6.92 Å². The van der Waals surface area contributed by atoms with Crippen molar-refractivity contribution in [2.75, 3.05) is 6.61 Å². The Morgan fingerprint density at radius 3 is 2.57 bits per heavy atom. The first-order chi connectivity index (χ1) is 13.3. The molecule has 2 aromatic rings. The van der Waals surface area contributed by atoms with Crippen molar-refractivity contribution in [2.24, 2.45) is 0 Å². The molecule has 0 unspecified atom stereocenters. The lowest BCUT2D eigenvalue weighted by Gasteiger charge is -2.30. The number of hydrogen-bond acceptors (Lipinski definition) is 4. The van der Waals surface area contributed by atoms with Gasteiger partial charge in [0.2, 0.25) is 5.91 Å². The molecule has 1 amide bonds. The van der Waals surface area contributed by atoms with E-state index in [9.17, 15) is 4.79 Å². The third-order valence-electron chi connectivity index (χ3n) is 5.08. The van der Waals surface area contributed by atoms with E-state index < -0.39 is 0 Å². The highest BCUT2D eigenvalue weighted by molar-refractivity contribution is 6.36. The van der Waals surface area contributed by atoms with Crippen molar-refractivity contribution in [2.45, 2.75) is 77.7 Å². The number of amides is 1. The molecule has 154 valence electrons. The van der Waals surface area contributed by atoms with Crippen molar-refractivity contribution in [1.29, 1.82) is 0 Å². The quantitative estimate of drug-likeness (QED) is 0.733. The molecular weight excluding hydrogens is 378 g/mol. The van der Waals surface area contributed by atoms with E-state index in [-0.39, 0.29) is 30.2 Å². The SMILES string of the molecule is CC(=O)N[C@@H](C)CO[C@H]1CC[C@H](Oc2ccc3nn(C(C)C)cc3c2Cl)CC1. The van der Waals surface area contributed by atoms with Gasteiger partial charge in [-0.2, -0.15) is 5.10 Å². The number of benzene rings is 1. The molecule has 6 nitrogen and oxygen atoms in total. The van der Waals surface area contributed by atoms with Crippen LogP contribution in [0, 0.1) is 0 Å². The lowest BCUT2D eigenvalue weighted by molar-refractivity contribution is -0.120. The van der Waals surface area contributed by atoms with Crippen LogP contribution in [0.4, 0.5) is 0 Å². The molecule has 1 atom stereocenters. The Morgan fingerprint density at radius 2 is 1.93 bits per heavy atom. The van der Waals surface area contributed by atoms with Crippen molar-refractivity contribution in [1.82, 2.24) is 15.1 Å². The number of ether oxygens (including phenoxy) is 2. The number of nitrogens with one attached hydrogen (secondary N) is 1. The number of hydrogen-bond donors (Lipinski definition) is 1. The summed E-state index contributed by atoms with van der Waals surface area (Å²) >= 11 is 6.60. The summed E-state index contributed by atoms with van der Waals surface area (Å²) in [6, 6.07) is 4.20. The molecular formula is C21H30ClN3O3. The van der Waals surface area contributed by atoms with Gasteiger partial charge in [-0.3, -0.25) is 9.48 Å². The van der Waals surface area contributed by atoms with E-state index in [0.29, 0.717) is 11.6 Å². The minimum absolute atomic E-state index is 0.0269. The van der Waals surface area contributed by atoms with E-state index in [1.807, 2.05) is 29.9 Å². The highest BCUT2D eigenvalue weighted by Crippen LogP contribution is 2.35. The summed E-state index contributed by atoms with van der Waals surface area (Å²) in [7, 11) is 0. The maximum atomic E-state index is 11.1. The van der Waals surface area contributed by atoms with Gasteiger partial charge in [0.15, 0.2) is 0 Å². The monoisotopic (exact) mass is 407 g/mol. The maximum absolute atomic E-state index is 11.1. The fraction of sp³-hybridized carbons (Fsp3) is 0.619. The van der Waals surface area contributed by atoms with Gasteiger partial charge in [0.1, 0.15) is 5.75 Å². The summed E-state index contributed by atoms with van der Waals surface area (Å²) in [6.07, 6.45) is 6.10. The average molecular weight is 408 g/mol. The summed E-state index contributed by atoms with van der Waals surface area (Å²) < 4.78 is 14.1. The molecule has 0 bridgehead atoms.